The lowest BCUT2D eigenvalue weighted by Gasteiger charge is -2.29. The Bertz CT molecular complexity index is 652. The number of carboxylic acid groups (broad SMARTS) is 1. The second-order valence-electron chi connectivity index (χ2n) is 9.37. The van der Waals surface area contributed by atoms with Crippen LogP contribution in [0.4, 0.5) is 0 Å². The molecule has 0 bridgehead atoms. The molecule has 0 aromatic carbocycles. The normalized spacial score (nSPS) is 33.7. The maximum absolute atomic E-state index is 11.5. The van der Waals surface area contributed by atoms with Crippen LogP contribution in [0.5, 0.6) is 0 Å². The van der Waals surface area contributed by atoms with E-state index in [2.05, 4.69) is 6.07 Å². The summed E-state index contributed by atoms with van der Waals surface area (Å²) in [7, 11) is 0. The fourth-order valence-corrected chi connectivity index (χ4v) is 5.03. The number of nitrogens with zero attached hydrogens (tertiary/aromatic N) is 1. The fraction of sp³-hybridized carbons (Fsp3) is 0.840. The van der Waals surface area contributed by atoms with E-state index in [0.29, 0.717) is 26.1 Å². The molecule has 7 atom stereocenters. The van der Waals surface area contributed by atoms with Crippen molar-refractivity contribution in [2.45, 2.75) is 108 Å². The molecule has 8 heteroatoms. The van der Waals surface area contributed by atoms with Gasteiger partial charge in [-0.2, -0.15) is 5.26 Å². The highest BCUT2D eigenvalue weighted by Crippen LogP contribution is 2.39. The van der Waals surface area contributed by atoms with Gasteiger partial charge in [-0.05, 0) is 57.8 Å². The van der Waals surface area contributed by atoms with E-state index < -0.39 is 18.0 Å². The van der Waals surface area contributed by atoms with Gasteiger partial charge in [0.15, 0.2) is 12.6 Å². The highest BCUT2D eigenvalue weighted by atomic mass is 16.7. The molecule has 3 aliphatic rings. The Morgan fingerprint density at radius 2 is 1.85 bits per heavy atom. The molecule has 0 spiro atoms. The van der Waals surface area contributed by atoms with E-state index in [0.717, 1.165) is 57.8 Å². The highest BCUT2D eigenvalue weighted by molar-refractivity contribution is 5.67. The van der Waals surface area contributed by atoms with E-state index >= 15 is 0 Å². The maximum atomic E-state index is 11.5. The number of rotatable bonds is 12. The quantitative estimate of drug-likeness (QED) is 0.329. The molecular formula is C25H39NO7. The SMILES string of the molecule is N#CCCCCC(C=CC1C(OC2CCCCO2)CC(O)C1CC(=O)O)OC1CCCCO1. The number of unbranched alkanes of at least 4 members (excludes halogenated alkanes) is 2. The van der Waals surface area contributed by atoms with Gasteiger partial charge in [0, 0.05) is 37.9 Å². The van der Waals surface area contributed by atoms with Gasteiger partial charge in [0.2, 0.25) is 0 Å². The molecule has 2 heterocycles. The smallest absolute Gasteiger partial charge is 0.303 e. The number of carboxylic acids is 1. The van der Waals surface area contributed by atoms with Gasteiger partial charge in [-0.15, -0.1) is 0 Å². The summed E-state index contributed by atoms with van der Waals surface area (Å²) < 4.78 is 23.9. The molecule has 1 saturated carbocycles. The topological polar surface area (TPSA) is 118 Å². The third kappa shape index (κ3) is 8.66. The van der Waals surface area contributed by atoms with Crippen LogP contribution in [-0.4, -0.2) is 60.3 Å². The lowest BCUT2D eigenvalue weighted by molar-refractivity contribution is -0.193. The minimum absolute atomic E-state index is 0.110. The Labute approximate surface area is 196 Å². The molecule has 3 rings (SSSR count). The van der Waals surface area contributed by atoms with Crippen LogP contribution in [-0.2, 0) is 23.7 Å². The van der Waals surface area contributed by atoms with Gasteiger partial charge in [0.05, 0.1) is 30.8 Å². The Balaban J connectivity index is 1.69. The lowest BCUT2D eigenvalue weighted by Crippen LogP contribution is -2.31. The second-order valence-corrected chi connectivity index (χ2v) is 9.37. The average molecular weight is 466 g/mol. The fourth-order valence-electron chi connectivity index (χ4n) is 5.03. The molecule has 0 radical (unpaired) electrons. The molecule has 3 fully saturated rings. The largest absolute Gasteiger partial charge is 0.481 e. The summed E-state index contributed by atoms with van der Waals surface area (Å²) in [6.07, 6.45) is 11.3. The minimum Gasteiger partial charge on any atom is -0.481 e. The van der Waals surface area contributed by atoms with E-state index in [1.807, 2.05) is 12.2 Å². The predicted octanol–water partition coefficient (Wildman–Crippen LogP) is 3.92. The van der Waals surface area contributed by atoms with Crippen molar-refractivity contribution in [1.29, 1.82) is 5.26 Å². The second kappa shape index (κ2) is 14.0. The van der Waals surface area contributed by atoms with Crippen molar-refractivity contribution in [2.75, 3.05) is 13.2 Å². The van der Waals surface area contributed by atoms with Gasteiger partial charge in [-0.25, -0.2) is 0 Å². The highest BCUT2D eigenvalue weighted by Gasteiger charge is 2.44. The van der Waals surface area contributed by atoms with Crippen LogP contribution in [0.2, 0.25) is 0 Å². The molecule has 1 aliphatic carbocycles. The molecule has 0 aromatic rings. The van der Waals surface area contributed by atoms with E-state index in [1.54, 1.807) is 0 Å². The van der Waals surface area contributed by atoms with Gasteiger partial charge < -0.3 is 29.2 Å². The zero-order valence-electron chi connectivity index (χ0n) is 19.5. The zero-order valence-corrected chi connectivity index (χ0v) is 19.5. The van der Waals surface area contributed by atoms with Crippen LogP contribution >= 0.6 is 0 Å². The molecule has 2 saturated heterocycles. The van der Waals surface area contributed by atoms with E-state index in [4.69, 9.17) is 24.2 Å². The molecule has 33 heavy (non-hydrogen) atoms. The monoisotopic (exact) mass is 465 g/mol. The van der Waals surface area contributed by atoms with Crippen LogP contribution in [0.3, 0.4) is 0 Å². The van der Waals surface area contributed by atoms with E-state index in [1.165, 1.54) is 0 Å². The Morgan fingerprint density at radius 1 is 1.12 bits per heavy atom. The third-order valence-electron chi connectivity index (χ3n) is 6.81. The molecule has 2 N–H and O–H groups in total. The summed E-state index contributed by atoms with van der Waals surface area (Å²) in [5.74, 6) is -1.58. The van der Waals surface area contributed by atoms with Crippen molar-refractivity contribution in [3.63, 3.8) is 0 Å². The number of hydrogen-bond acceptors (Lipinski definition) is 7. The summed E-state index contributed by atoms with van der Waals surface area (Å²) in [6.45, 7) is 1.36. The van der Waals surface area contributed by atoms with Crippen LogP contribution < -0.4 is 0 Å². The van der Waals surface area contributed by atoms with E-state index in [-0.39, 0.29) is 37.1 Å². The Kier molecular flexibility index (Phi) is 11.1. The number of ether oxygens (including phenoxy) is 4. The standard InChI is InChI=1S/C25H39NO7/c26-13-5-1-2-8-18(32-24-9-3-6-14-30-24)11-12-19-20(16-23(28)29)21(27)17-22(19)33-25-10-4-7-15-31-25/h11-12,18-22,24-25,27H,1-10,14-17H2,(H,28,29). The molecule has 2 aliphatic heterocycles. The summed E-state index contributed by atoms with van der Waals surface area (Å²) >= 11 is 0. The molecule has 8 nitrogen and oxygen atoms in total. The summed E-state index contributed by atoms with van der Waals surface area (Å²) in [5.41, 5.74) is 0. The first-order valence-electron chi connectivity index (χ1n) is 12.6. The molecule has 0 amide bonds. The first-order chi connectivity index (χ1) is 16.1. The predicted molar refractivity (Wildman–Crippen MR) is 120 cm³/mol. The van der Waals surface area contributed by atoms with Crippen molar-refractivity contribution >= 4 is 5.97 Å². The van der Waals surface area contributed by atoms with Crippen LogP contribution in [0.15, 0.2) is 12.2 Å². The number of carbonyl (C=O) groups is 1. The number of aliphatic hydroxyl groups excluding tert-OH is 1. The van der Waals surface area contributed by atoms with Gasteiger partial charge in [0.25, 0.3) is 0 Å². The van der Waals surface area contributed by atoms with Crippen molar-refractivity contribution in [1.82, 2.24) is 0 Å². The van der Waals surface area contributed by atoms with Gasteiger partial charge >= 0.3 is 5.97 Å². The number of aliphatic carboxylic acids is 1. The summed E-state index contributed by atoms with van der Waals surface area (Å²) in [5, 5.41) is 28.9. The van der Waals surface area contributed by atoms with Gasteiger partial charge in [-0.3, -0.25) is 4.79 Å². The number of hydrogen-bond donors (Lipinski definition) is 2. The number of aliphatic hydroxyl groups is 1. The van der Waals surface area contributed by atoms with Crippen LogP contribution in [0.1, 0.15) is 77.0 Å². The number of nitriles is 1. The van der Waals surface area contributed by atoms with Gasteiger partial charge in [0.1, 0.15) is 0 Å². The zero-order chi connectivity index (χ0) is 23.5. The van der Waals surface area contributed by atoms with Crippen molar-refractivity contribution in [3.8, 4) is 6.07 Å². The summed E-state index contributed by atoms with van der Waals surface area (Å²) in [4.78, 5) is 11.5. The van der Waals surface area contributed by atoms with Crippen LogP contribution in [0, 0.1) is 23.2 Å². The first-order valence-corrected chi connectivity index (χ1v) is 12.6. The van der Waals surface area contributed by atoms with Crippen LogP contribution in [0.25, 0.3) is 0 Å². The Morgan fingerprint density at radius 3 is 2.48 bits per heavy atom. The lowest BCUT2D eigenvalue weighted by atomic mass is 9.89. The van der Waals surface area contributed by atoms with Crippen molar-refractivity contribution < 1.29 is 34.0 Å². The van der Waals surface area contributed by atoms with Crippen molar-refractivity contribution in [2.24, 2.45) is 11.8 Å². The molecule has 7 unspecified atom stereocenters. The van der Waals surface area contributed by atoms with Crippen molar-refractivity contribution in [3.05, 3.63) is 12.2 Å². The molecular weight excluding hydrogens is 426 g/mol. The third-order valence-corrected chi connectivity index (χ3v) is 6.81. The maximum Gasteiger partial charge on any atom is 0.303 e. The van der Waals surface area contributed by atoms with Gasteiger partial charge in [-0.1, -0.05) is 12.2 Å². The first kappa shape index (κ1) is 26.1. The minimum atomic E-state index is -0.924. The average Bonchev–Trinajstić information content (AvgIpc) is 3.09. The van der Waals surface area contributed by atoms with E-state index in [9.17, 15) is 15.0 Å². The molecule has 0 aromatic heterocycles. The summed E-state index contributed by atoms with van der Waals surface area (Å²) in [6, 6.07) is 2.18. The Hall–Kier alpha value is -1.50. The molecule has 186 valence electrons.